The highest BCUT2D eigenvalue weighted by Crippen LogP contribution is 2.16. The van der Waals surface area contributed by atoms with Crippen molar-refractivity contribution in [2.45, 2.75) is 39.3 Å². The molecule has 0 saturated carbocycles. The standard InChI is InChI=1S/C20H31N3O4/c1-3-23(15-20(25)26)17-8-10-22(11-9-17)14-19(24)21-13-16-6-5-7-18(12-16)27-4-2/h5-7,12,17H,3-4,8-11,13-15H2,1-2H3,(H,21,24)(H,25,26). The van der Waals surface area contributed by atoms with Crippen LogP contribution in [0, 0.1) is 0 Å². The molecule has 2 rings (SSSR count). The summed E-state index contributed by atoms with van der Waals surface area (Å²) in [6, 6.07) is 8.02. The third kappa shape index (κ3) is 7.19. The molecule has 7 nitrogen and oxygen atoms in total. The smallest absolute Gasteiger partial charge is 0.317 e. The summed E-state index contributed by atoms with van der Waals surface area (Å²) in [7, 11) is 0. The number of carbonyl (C=O) groups is 2. The third-order valence-corrected chi connectivity index (χ3v) is 4.88. The van der Waals surface area contributed by atoms with Crippen LogP contribution in [-0.2, 0) is 16.1 Å². The molecular formula is C20H31N3O4. The molecule has 1 aromatic rings. The first kappa shape index (κ1) is 21.2. The second kappa shape index (κ2) is 10.9. The Morgan fingerprint density at radius 1 is 1.30 bits per heavy atom. The Morgan fingerprint density at radius 3 is 2.67 bits per heavy atom. The van der Waals surface area contributed by atoms with Crippen LogP contribution in [0.2, 0.25) is 0 Å². The summed E-state index contributed by atoms with van der Waals surface area (Å²) in [6.45, 7) is 7.86. The molecule has 1 saturated heterocycles. The largest absolute Gasteiger partial charge is 0.494 e. The van der Waals surface area contributed by atoms with Crippen LogP contribution >= 0.6 is 0 Å². The summed E-state index contributed by atoms with van der Waals surface area (Å²) >= 11 is 0. The normalized spacial score (nSPS) is 15.7. The molecule has 0 atom stereocenters. The highest BCUT2D eigenvalue weighted by atomic mass is 16.5. The molecule has 1 aromatic carbocycles. The number of ether oxygens (including phenoxy) is 1. The molecule has 0 bridgehead atoms. The summed E-state index contributed by atoms with van der Waals surface area (Å²) < 4.78 is 5.48. The van der Waals surface area contributed by atoms with Crippen LogP contribution in [0.3, 0.4) is 0 Å². The van der Waals surface area contributed by atoms with E-state index in [0.717, 1.165) is 43.8 Å². The fourth-order valence-corrected chi connectivity index (χ4v) is 3.49. The van der Waals surface area contributed by atoms with Crippen LogP contribution in [0.5, 0.6) is 5.75 Å². The van der Waals surface area contributed by atoms with Crippen molar-refractivity contribution < 1.29 is 19.4 Å². The summed E-state index contributed by atoms with van der Waals surface area (Å²) in [6.07, 6.45) is 1.79. The maximum atomic E-state index is 12.2. The quantitative estimate of drug-likeness (QED) is 0.644. The van der Waals surface area contributed by atoms with Crippen LogP contribution in [0.15, 0.2) is 24.3 Å². The van der Waals surface area contributed by atoms with E-state index in [1.807, 2.05) is 43.0 Å². The summed E-state index contributed by atoms with van der Waals surface area (Å²) in [5.74, 6) is 0.0355. The Balaban J connectivity index is 1.72. The SMILES string of the molecule is CCOc1cccc(CNC(=O)CN2CCC(N(CC)CC(=O)O)CC2)c1. The lowest BCUT2D eigenvalue weighted by Gasteiger charge is -2.37. The zero-order valence-corrected chi connectivity index (χ0v) is 16.3. The van der Waals surface area contributed by atoms with Gasteiger partial charge in [0.1, 0.15) is 5.75 Å². The van der Waals surface area contributed by atoms with Crippen LogP contribution in [0.25, 0.3) is 0 Å². The number of carboxylic acids is 1. The second-order valence-corrected chi connectivity index (χ2v) is 6.82. The maximum Gasteiger partial charge on any atom is 0.317 e. The third-order valence-electron chi connectivity index (χ3n) is 4.88. The minimum absolute atomic E-state index is 0.00754. The average Bonchev–Trinajstić information content (AvgIpc) is 2.66. The molecule has 0 aromatic heterocycles. The summed E-state index contributed by atoms with van der Waals surface area (Å²) in [4.78, 5) is 27.3. The van der Waals surface area contributed by atoms with E-state index in [9.17, 15) is 9.59 Å². The number of likely N-dealkylation sites (tertiary alicyclic amines) is 1. The number of hydrogen-bond donors (Lipinski definition) is 2. The fourth-order valence-electron chi connectivity index (χ4n) is 3.49. The van der Waals surface area contributed by atoms with Crippen molar-refractivity contribution >= 4 is 11.9 Å². The molecule has 150 valence electrons. The molecular weight excluding hydrogens is 346 g/mol. The van der Waals surface area contributed by atoms with Gasteiger partial charge >= 0.3 is 5.97 Å². The fraction of sp³-hybridized carbons (Fsp3) is 0.600. The van der Waals surface area contributed by atoms with E-state index in [1.54, 1.807) is 0 Å². The van der Waals surface area contributed by atoms with Gasteiger partial charge in [0.25, 0.3) is 0 Å². The lowest BCUT2D eigenvalue weighted by Crippen LogP contribution is -2.48. The highest BCUT2D eigenvalue weighted by Gasteiger charge is 2.25. The first-order chi connectivity index (χ1) is 13.0. The van der Waals surface area contributed by atoms with Crippen molar-refractivity contribution in [3.8, 4) is 5.75 Å². The van der Waals surface area contributed by atoms with Gasteiger partial charge in [-0.1, -0.05) is 19.1 Å². The number of carbonyl (C=O) groups excluding carboxylic acids is 1. The average molecular weight is 377 g/mol. The minimum Gasteiger partial charge on any atom is -0.494 e. The molecule has 0 radical (unpaired) electrons. The first-order valence-electron chi connectivity index (χ1n) is 9.68. The molecule has 1 aliphatic rings. The molecule has 1 amide bonds. The Morgan fingerprint density at radius 2 is 2.04 bits per heavy atom. The van der Waals surface area contributed by atoms with Gasteiger partial charge < -0.3 is 15.2 Å². The van der Waals surface area contributed by atoms with Crippen molar-refractivity contribution in [2.75, 3.05) is 39.3 Å². The van der Waals surface area contributed by atoms with Crippen molar-refractivity contribution in [2.24, 2.45) is 0 Å². The van der Waals surface area contributed by atoms with Gasteiger partial charge in [-0.3, -0.25) is 19.4 Å². The Kier molecular flexibility index (Phi) is 8.54. The lowest BCUT2D eigenvalue weighted by atomic mass is 10.0. The molecule has 1 heterocycles. The van der Waals surface area contributed by atoms with Crippen LogP contribution in [-0.4, -0.2) is 72.2 Å². The number of likely N-dealkylation sites (N-methyl/N-ethyl adjacent to an activating group) is 1. The Labute approximate surface area is 161 Å². The number of nitrogens with one attached hydrogen (secondary N) is 1. The van der Waals surface area contributed by atoms with E-state index in [2.05, 4.69) is 10.2 Å². The molecule has 2 N–H and O–H groups in total. The number of hydrogen-bond acceptors (Lipinski definition) is 5. The molecule has 27 heavy (non-hydrogen) atoms. The van der Waals surface area contributed by atoms with Crippen LogP contribution in [0.4, 0.5) is 0 Å². The number of aliphatic carboxylic acids is 1. The molecule has 1 fully saturated rings. The number of carboxylic acid groups (broad SMARTS) is 1. The maximum absolute atomic E-state index is 12.2. The number of amides is 1. The van der Waals surface area contributed by atoms with E-state index in [1.165, 1.54) is 0 Å². The highest BCUT2D eigenvalue weighted by molar-refractivity contribution is 5.78. The molecule has 7 heteroatoms. The monoisotopic (exact) mass is 377 g/mol. The topological polar surface area (TPSA) is 82.1 Å². The van der Waals surface area contributed by atoms with Crippen molar-refractivity contribution in [1.29, 1.82) is 0 Å². The van der Waals surface area contributed by atoms with E-state index >= 15 is 0 Å². The predicted octanol–water partition coefficient (Wildman–Crippen LogP) is 1.57. The van der Waals surface area contributed by atoms with Gasteiger partial charge in [-0.15, -0.1) is 0 Å². The van der Waals surface area contributed by atoms with Crippen LogP contribution < -0.4 is 10.1 Å². The van der Waals surface area contributed by atoms with E-state index in [4.69, 9.17) is 9.84 Å². The van der Waals surface area contributed by atoms with Gasteiger partial charge in [0, 0.05) is 25.7 Å². The van der Waals surface area contributed by atoms with Crippen molar-refractivity contribution in [3.63, 3.8) is 0 Å². The van der Waals surface area contributed by atoms with Gasteiger partial charge in [-0.05, 0) is 44.0 Å². The number of rotatable bonds is 10. The Hall–Kier alpha value is -2.12. The van der Waals surface area contributed by atoms with Gasteiger partial charge in [0.2, 0.25) is 5.91 Å². The zero-order chi connectivity index (χ0) is 19.6. The van der Waals surface area contributed by atoms with Gasteiger partial charge in [0.05, 0.1) is 19.7 Å². The van der Waals surface area contributed by atoms with Gasteiger partial charge in [-0.2, -0.15) is 0 Å². The molecule has 0 unspecified atom stereocenters. The Bertz CT molecular complexity index is 615. The minimum atomic E-state index is -0.785. The molecule has 0 spiro atoms. The first-order valence-corrected chi connectivity index (χ1v) is 9.68. The second-order valence-electron chi connectivity index (χ2n) is 6.82. The van der Waals surface area contributed by atoms with Crippen LogP contribution in [0.1, 0.15) is 32.3 Å². The summed E-state index contributed by atoms with van der Waals surface area (Å²) in [5, 5.41) is 12.0. The van der Waals surface area contributed by atoms with E-state index < -0.39 is 5.97 Å². The van der Waals surface area contributed by atoms with E-state index in [-0.39, 0.29) is 18.5 Å². The number of nitrogens with zero attached hydrogens (tertiary/aromatic N) is 2. The van der Waals surface area contributed by atoms with Crippen molar-refractivity contribution in [1.82, 2.24) is 15.1 Å². The van der Waals surface area contributed by atoms with E-state index in [0.29, 0.717) is 19.7 Å². The molecule has 0 aliphatic carbocycles. The van der Waals surface area contributed by atoms with Gasteiger partial charge in [0.15, 0.2) is 0 Å². The number of piperidine rings is 1. The molecule has 1 aliphatic heterocycles. The van der Waals surface area contributed by atoms with Gasteiger partial charge in [-0.25, -0.2) is 0 Å². The van der Waals surface area contributed by atoms with Crippen molar-refractivity contribution in [3.05, 3.63) is 29.8 Å². The lowest BCUT2D eigenvalue weighted by molar-refractivity contribution is -0.139. The number of benzene rings is 1. The zero-order valence-electron chi connectivity index (χ0n) is 16.3. The predicted molar refractivity (Wildman–Crippen MR) is 104 cm³/mol. The summed E-state index contributed by atoms with van der Waals surface area (Å²) in [5.41, 5.74) is 1.01.